The Morgan fingerprint density at radius 3 is 2.44 bits per heavy atom. The molecule has 0 spiro atoms. The molecule has 0 aliphatic carbocycles. The van der Waals surface area contributed by atoms with Gasteiger partial charge in [-0.2, -0.15) is 13.2 Å². The third kappa shape index (κ3) is 8.23. The van der Waals surface area contributed by atoms with Gasteiger partial charge in [-0.1, -0.05) is 19.1 Å². The summed E-state index contributed by atoms with van der Waals surface area (Å²) in [5.41, 5.74) is -0.856. The number of piperazine rings is 1. The molecule has 1 aliphatic rings. The van der Waals surface area contributed by atoms with Gasteiger partial charge in [0, 0.05) is 44.0 Å². The predicted octanol–water partition coefficient (Wildman–Crippen LogP) is 5.48. The summed E-state index contributed by atoms with van der Waals surface area (Å²) in [6, 6.07) is 13.7. The minimum Gasteiger partial charge on any atom is -0.478 e. The van der Waals surface area contributed by atoms with Crippen molar-refractivity contribution in [2.45, 2.75) is 50.9 Å². The van der Waals surface area contributed by atoms with Crippen LogP contribution in [0.1, 0.15) is 48.9 Å². The SMILES string of the molecule is CCOc1ccc(C(=O)N2CCN(c3ccc(-c4cccnc4OCC)nc3CNS(=O)(=O)c3ccccc3[N+](=O)[O-])C(CC)C2)c(C(F)(F)F)n1. The molecule has 5 rings (SSSR count). The summed E-state index contributed by atoms with van der Waals surface area (Å²) in [4.78, 5) is 39.8. The van der Waals surface area contributed by atoms with Crippen molar-refractivity contribution in [2.24, 2.45) is 0 Å². The maximum Gasteiger partial charge on any atom is 0.434 e. The number of aromatic nitrogens is 3. The summed E-state index contributed by atoms with van der Waals surface area (Å²) in [5, 5.41) is 11.6. The van der Waals surface area contributed by atoms with Crippen LogP contribution in [0.15, 0.2) is 71.8 Å². The molecule has 1 saturated heterocycles. The highest BCUT2D eigenvalue weighted by Gasteiger charge is 2.40. The number of nitro groups is 1. The molecule has 276 valence electrons. The number of nitrogens with zero attached hydrogens (tertiary/aromatic N) is 6. The number of hydrogen-bond donors (Lipinski definition) is 1. The smallest absolute Gasteiger partial charge is 0.434 e. The Morgan fingerprint density at radius 2 is 1.75 bits per heavy atom. The zero-order chi connectivity index (χ0) is 37.6. The van der Waals surface area contributed by atoms with E-state index in [2.05, 4.69) is 14.7 Å². The summed E-state index contributed by atoms with van der Waals surface area (Å²) in [7, 11) is -4.42. The lowest BCUT2D eigenvalue weighted by Gasteiger charge is -2.43. The van der Waals surface area contributed by atoms with Crippen LogP contribution in [0, 0.1) is 10.1 Å². The second-order valence-corrected chi connectivity index (χ2v) is 13.2. The van der Waals surface area contributed by atoms with Crippen LogP contribution in [0.4, 0.5) is 24.5 Å². The Bertz CT molecular complexity index is 2050. The van der Waals surface area contributed by atoms with E-state index in [1.54, 1.807) is 44.3 Å². The highest BCUT2D eigenvalue weighted by atomic mass is 32.2. The van der Waals surface area contributed by atoms with E-state index in [0.717, 1.165) is 18.2 Å². The van der Waals surface area contributed by atoms with Crippen molar-refractivity contribution in [3.63, 3.8) is 0 Å². The zero-order valence-electron chi connectivity index (χ0n) is 28.5. The number of nitro benzene ring substituents is 1. The number of anilines is 1. The molecule has 14 nitrogen and oxygen atoms in total. The molecular formula is C34H36F3N7O7S. The molecule has 52 heavy (non-hydrogen) atoms. The van der Waals surface area contributed by atoms with Gasteiger partial charge in [0.05, 0.1) is 52.9 Å². The van der Waals surface area contributed by atoms with Crippen molar-refractivity contribution in [1.29, 1.82) is 0 Å². The predicted molar refractivity (Wildman–Crippen MR) is 183 cm³/mol. The Balaban J connectivity index is 1.49. The quantitative estimate of drug-likeness (QED) is 0.136. The summed E-state index contributed by atoms with van der Waals surface area (Å²) >= 11 is 0. The van der Waals surface area contributed by atoms with Crippen molar-refractivity contribution in [2.75, 3.05) is 37.7 Å². The van der Waals surface area contributed by atoms with Crippen LogP contribution in [0.2, 0.25) is 0 Å². The van der Waals surface area contributed by atoms with Crippen molar-refractivity contribution < 1.29 is 40.8 Å². The molecule has 0 bridgehead atoms. The number of hydrogen-bond acceptors (Lipinski definition) is 11. The molecular weight excluding hydrogens is 707 g/mol. The van der Waals surface area contributed by atoms with Gasteiger partial charge in [-0.3, -0.25) is 14.9 Å². The fourth-order valence-electron chi connectivity index (χ4n) is 5.88. The highest BCUT2D eigenvalue weighted by Crippen LogP contribution is 2.35. The van der Waals surface area contributed by atoms with Crippen LogP contribution in [0.5, 0.6) is 11.8 Å². The Labute approximate surface area is 297 Å². The average molecular weight is 744 g/mol. The number of rotatable bonds is 13. The minimum atomic E-state index is -4.91. The van der Waals surface area contributed by atoms with Crippen molar-refractivity contribution >= 4 is 27.3 Å². The van der Waals surface area contributed by atoms with E-state index >= 15 is 0 Å². The van der Waals surface area contributed by atoms with E-state index in [4.69, 9.17) is 14.5 Å². The van der Waals surface area contributed by atoms with E-state index in [-0.39, 0.29) is 44.4 Å². The van der Waals surface area contributed by atoms with Gasteiger partial charge in [0.1, 0.15) is 0 Å². The first-order chi connectivity index (χ1) is 24.8. The lowest BCUT2D eigenvalue weighted by atomic mass is 10.0. The van der Waals surface area contributed by atoms with E-state index in [0.29, 0.717) is 35.9 Å². The lowest BCUT2D eigenvalue weighted by molar-refractivity contribution is -0.387. The molecule has 0 radical (unpaired) electrons. The molecule has 1 N–H and O–H groups in total. The molecule has 1 aliphatic heterocycles. The number of ether oxygens (including phenoxy) is 2. The second kappa shape index (κ2) is 15.9. The Kier molecular flexibility index (Phi) is 11.6. The van der Waals surface area contributed by atoms with E-state index in [1.165, 1.54) is 23.1 Å². The zero-order valence-corrected chi connectivity index (χ0v) is 29.3. The van der Waals surface area contributed by atoms with Gasteiger partial charge in [-0.05, 0) is 56.7 Å². The maximum atomic E-state index is 14.0. The fourth-order valence-corrected chi connectivity index (χ4v) is 7.04. The largest absolute Gasteiger partial charge is 0.478 e. The van der Waals surface area contributed by atoms with Crippen LogP contribution < -0.4 is 19.1 Å². The number of para-hydroxylation sites is 1. The van der Waals surface area contributed by atoms with Crippen molar-refractivity contribution in [3.05, 3.63) is 93.9 Å². The van der Waals surface area contributed by atoms with Crippen molar-refractivity contribution in [3.8, 4) is 23.0 Å². The number of nitrogens with one attached hydrogen (secondary N) is 1. The standard InChI is InChI=1S/C34H36F3N7O7S/c1-4-22-21-42(33(45)24-13-16-30(50-5-2)41-31(24)34(35,36)37)18-19-43(22)27-15-14-25(23-10-9-17-38-32(23)51-6-3)40-26(27)20-39-52(48,49)29-12-8-7-11-28(29)44(46)47/h7-17,22,39H,4-6,18-21H2,1-3H3. The number of benzene rings is 1. The fraction of sp³-hybridized carbons (Fsp3) is 0.353. The number of halogens is 3. The molecule has 1 unspecified atom stereocenters. The number of carbonyl (C=O) groups excluding carboxylic acids is 1. The Hall–Kier alpha value is -5.36. The number of sulfonamides is 1. The second-order valence-electron chi connectivity index (χ2n) is 11.5. The van der Waals surface area contributed by atoms with Gasteiger partial charge in [0.2, 0.25) is 21.8 Å². The van der Waals surface area contributed by atoms with Gasteiger partial charge < -0.3 is 19.3 Å². The molecule has 1 amide bonds. The van der Waals surface area contributed by atoms with Gasteiger partial charge in [0.25, 0.3) is 11.6 Å². The van der Waals surface area contributed by atoms with Crippen molar-refractivity contribution in [1.82, 2.24) is 24.6 Å². The maximum absolute atomic E-state index is 14.0. The third-order valence-corrected chi connectivity index (χ3v) is 9.72. The monoisotopic (exact) mass is 743 g/mol. The summed E-state index contributed by atoms with van der Waals surface area (Å²) < 4.78 is 82.2. The highest BCUT2D eigenvalue weighted by molar-refractivity contribution is 7.89. The number of alkyl halides is 3. The molecule has 4 aromatic rings. The van der Waals surface area contributed by atoms with E-state index in [9.17, 15) is 36.5 Å². The van der Waals surface area contributed by atoms with Gasteiger partial charge in [-0.25, -0.2) is 28.1 Å². The summed E-state index contributed by atoms with van der Waals surface area (Å²) in [5.74, 6) is -0.785. The lowest BCUT2D eigenvalue weighted by Crippen LogP contribution is -2.55. The van der Waals surface area contributed by atoms with Gasteiger partial charge >= 0.3 is 6.18 Å². The molecule has 1 atom stereocenters. The topological polar surface area (TPSA) is 170 Å². The van der Waals surface area contributed by atoms with Gasteiger partial charge in [0.15, 0.2) is 10.6 Å². The minimum absolute atomic E-state index is 0.0278. The molecule has 18 heteroatoms. The summed E-state index contributed by atoms with van der Waals surface area (Å²) in [6.07, 6.45) is -2.90. The van der Waals surface area contributed by atoms with Gasteiger partial charge in [-0.15, -0.1) is 0 Å². The van der Waals surface area contributed by atoms with Crippen LogP contribution >= 0.6 is 0 Å². The first-order valence-electron chi connectivity index (χ1n) is 16.4. The van der Waals surface area contributed by atoms with Crippen LogP contribution in [0.3, 0.4) is 0 Å². The first-order valence-corrected chi connectivity index (χ1v) is 17.8. The Morgan fingerprint density at radius 1 is 1.00 bits per heavy atom. The molecule has 1 aromatic carbocycles. The molecule has 0 saturated carbocycles. The van der Waals surface area contributed by atoms with Crippen LogP contribution in [-0.4, -0.2) is 78.0 Å². The molecule has 4 heterocycles. The van der Waals surface area contributed by atoms with E-state index < -0.39 is 54.9 Å². The molecule has 3 aromatic heterocycles. The first kappa shape index (κ1) is 37.9. The third-order valence-electron chi connectivity index (χ3n) is 8.27. The summed E-state index contributed by atoms with van der Waals surface area (Å²) in [6.45, 7) is 5.52. The average Bonchev–Trinajstić information content (AvgIpc) is 3.13. The van der Waals surface area contributed by atoms with E-state index in [1.807, 2.05) is 11.8 Å². The number of pyridine rings is 3. The normalized spacial score (nSPS) is 15.0. The number of carbonyl (C=O) groups is 1. The number of amides is 1. The van der Waals surface area contributed by atoms with Crippen LogP contribution in [-0.2, 0) is 22.7 Å². The van der Waals surface area contributed by atoms with Crippen LogP contribution in [0.25, 0.3) is 11.3 Å². The molecule has 1 fully saturated rings.